The van der Waals surface area contributed by atoms with Gasteiger partial charge >= 0.3 is 17.9 Å². The molecule has 0 spiro atoms. The summed E-state index contributed by atoms with van der Waals surface area (Å²) >= 11 is 0. The quantitative estimate of drug-likeness (QED) is 0.0667. The van der Waals surface area contributed by atoms with Gasteiger partial charge in [-0.05, 0) is 26.7 Å². The lowest BCUT2D eigenvalue weighted by Gasteiger charge is -2.24. The van der Waals surface area contributed by atoms with Crippen molar-refractivity contribution in [3.8, 4) is 0 Å². The van der Waals surface area contributed by atoms with Gasteiger partial charge in [0.25, 0.3) is 0 Å². The number of hydrogen-bond acceptors (Lipinski definition) is 11. The van der Waals surface area contributed by atoms with Crippen LogP contribution >= 0.6 is 0 Å². The summed E-state index contributed by atoms with van der Waals surface area (Å²) in [6, 6.07) is -8.80. The molecular weight excluding hydrogens is 556 g/mol. The Morgan fingerprint density at radius 1 is 0.561 bits per heavy atom. The first kappa shape index (κ1) is 36.6. The molecule has 19 heteroatoms. The van der Waals surface area contributed by atoms with Crippen LogP contribution in [0.2, 0.25) is 0 Å². The molecule has 0 radical (unpaired) electrons. The predicted octanol–water partition coefficient (Wildman–Crippen LogP) is -5.42. The maximum absolute atomic E-state index is 12.6. The molecule has 0 saturated heterocycles. The number of aliphatic hydroxyl groups is 2. The number of carboxylic acids is 3. The highest BCUT2D eigenvalue weighted by Gasteiger charge is 2.30. The number of aliphatic carboxylic acids is 3. The molecular formula is C22H36N6O13. The molecule has 0 aliphatic heterocycles. The normalized spacial score (nSPS) is 15.0. The van der Waals surface area contributed by atoms with Crippen molar-refractivity contribution in [3.05, 3.63) is 0 Å². The zero-order chi connectivity index (χ0) is 31.9. The van der Waals surface area contributed by atoms with Gasteiger partial charge in [-0.3, -0.25) is 33.6 Å². The molecule has 0 aromatic rings. The first-order chi connectivity index (χ1) is 19.0. The third kappa shape index (κ3) is 14.0. The third-order valence-corrected chi connectivity index (χ3v) is 5.39. The first-order valence-corrected chi connectivity index (χ1v) is 12.2. The van der Waals surface area contributed by atoms with E-state index in [1.54, 1.807) is 0 Å². The molecule has 5 amide bonds. The summed E-state index contributed by atoms with van der Waals surface area (Å²) in [4.78, 5) is 94.7. The fourth-order valence-electron chi connectivity index (χ4n) is 2.97. The largest absolute Gasteiger partial charge is 0.481 e. The predicted molar refractivity (Wildman–Crippen MR) is 135 cm³/mol. The Labute approximate surface area is 233 Å². The van der Waals surface area contributed by atoms with Crippen LogP contribution < -0.4 is 32.3 Å². The van der Waals surface area contributed by atoms with Crippen molar-refractivity contribution >= 4 is 47.4 Å². The number of carbonyl (C=O) groups is 8. The number of rotatable bonds is 19. The average molecular weight is 593 g/mol. The molecule has 6 atom stereocenters. The second-order valence-electron chi connectivity index (χ2n) is 8.82. The molecule has 12 N–H and O–H groups in total. The monoisotopic (exact) mass is 592 g/mol. The van der Waals surface area contributed by atoms with Gasteiger partial charge in [0.1, 0.15) is 36.3 Å². The lowest BCUT2D eigenvalue weighted by Crippen LogP contribution is -2.59. The second-order valence-corrected chi connectivity index (χ2v) is 8.82. The van der Waals surface area contributed by atoms with E-state index in [2.05, 4.69) is 26.6 Å². The zero-order valence-corrected chi connectivity index (χ0v) is 22.3. The summed E-state index contributed by atoms with van der Waals surface area (Å²) in [6.45, 7) is 0.623. The Morgan fingerprint density at radius 2 is 0.951 bits per heavy atom. The molecule has 0 heterocycles. The van der Waals surface area contributed by atoms with Gasteiger partial charge in [0.2, 0.25) is 29.5 Å². The molecule has 0 aromatic carbocycles. The van der Waals surface area contributed by atoms with Crippen LogP contribution in [-0.2, 0) is 38.4 Å². The smallest absolute Gasteiger partial charge is 0.326 e. The highest BCUT2D eigenvalue weighted by atomic mass is 16.4. The summed E-state index contributed by atoms with van der Waals surface area (Å²) in [5.74, 6) is -9.08. The lowest BCUT2D eigenvalue weighted by atomic mass is 10.1. The number of carboxylic acid groups (broad SMARTS) is 3. The topological polar surface area (TPSA) is 324 Å². The van der Waals surface area contributed by atoms with E-state index < -0.39 is 116 Å². The van der Waals surface area contributed by atoms with Crippen LogP contribution in [0.5, 0.6) is 0 Å². The van der Waals surface area contributed by atoms with Crippen LogP contribution in [0.4, 0.5) is 0 Å². The highest BCUT2D eigenvalue weighted by Crippen LogP contribution is 2.02. The minimum atomic E-state index is -1.63. The van der Waals surface area contributed by atoms with Gasteiger partial charge in [-0.15, -0.1) is 0 Å². The van der Waals surface area contributed by atoms with Crippen LogP contribution in [-0.4, -0.2) is 122 Å². The fraction of sp³-hybridized carbons (Fsp3) is 0.636. The Balaban J connectivity index is 5.20. The first-order valence-electron chi connectivity index (χ1n) is 12.2. The van der Waals surface area contributed by atoms with Crippen LogP contribution in [0.15, 0.2) is 0 Å². The third-order valence-electron chi connectivity index (χ3n) is 5.39. The van der Waals surface area contributed by atoms with E-state index in [1.165, 1.54) is 6.92 Å². The number of nitrogens with one attached hydrogen (secondary N) is 5. The minimum absolute atomic E-state index is 0.389. The van der Waals surface area contributed by atoms with Crippen molar-refractivity contribution in [1.82, 2.24) is 26.6 Å². The lowest BCUT2D eigenvalue weighted by molar-refractivity contribution is -0.143. The van der Waals surface area contributed by atoms with E-state index in [0.29, 0.717) is 0 Å². The standard InChI is InChI=1S/C22H36N6O13/c1-9(17(35)27-13(22(40)41)4-6-16(33)34)25-21(39)14(8-30)28-18(36)10(2)24-20(38)12(3-5-15(31)32)26-19(37)11(23)7-29/h9-14,29-30H,3-8,23H2,1-2H3,(H,24,38)(H,25,39)(H,26,37)(H,27,35)(H,28,36)(H,31,32)(H,33,34)(H,40,41)/t9-,10-,11-,12-,13-,14-/m0/s1. The SMILES string of the molecule is C[C@H](NC(=O)[C@H](CO)NC(=O)[C@H](C)NC(=O)[C@H](CCC(=O)O)NC(=O)[C@@H](N)CO)C(=O)N[C@@H](CCC(=O)O)C(=O)O. The fourth-order valence-corrected chi connectivity index (χ4v) is 2.97. The maximum Gasteiger partial charge on any atom is 0.326 e. The van der Waals surface area contributed by atoms with Gasteiger partial charge in [-0.25, -0.2) is 4.79 Å². The number of carbonyl (C=O) groups excluding carboxylic acids is 5. The molecule has 232 valence electrons. The van der Waals surface area contributed by atoms with E-state index in [9.17, 15) is 43.5 Å². The van der Waals surface area contributed by atoms with Crippen molar-refractivity contribution in [2.24, 2.45) is 5.73 Å². The van der Waals surface area contributed by atoms with E-state index in [-0.39, 0.29) is 6.42 Å². The second kappa shape index (κ2) is 18.1. The molecule has 19 nitrogen and oxygen atoms in total. The minimum Gasteiger partial charge on any atom is -0.481 e. The van der Waals surface area contributed by atoms with Crippen LogP contribution in [0.25, 0.3) is 0 Å². The van der Waals surface area contributed by atoms with Crippen molar-refractivity contribution in [2.75, 3.05) is 13.2 Å². The molecule has 0 aliphatic rings. The highest BCUT2D eigenvalue weighted by molar-refractivity contribution is 5.96. The Hall–Kier alpha value is -4.36. The van der Waals surface area contributed by atoms with Gasteiger partial charge in [0.05, 0.1) is 13.2 Å². The van der Waals surface area contributed by atoms with Crippen LogP contribution in [0.1, 0.15) is 39.5 Å². The molecule has 0 unspecified atom stereocenters. The van der Waals surface area contributed by atoms with Crippen molar-refractivity contribution in [3.63, 3.8) is 0 Å². The van der Waals surface area contributed by atoms with Gasteiger partial charge < -0.3 is 57.9 Å². The molecule has 0 fully saturated rings. The number of amides is 5. The Kier molecular flexibility index (Phi) is 16.2. The molecule has 0 bridgehead atoms. The molecule has 0 rings (SSSR count). The van der Waals surface area contributed by atoms with Gasteiger partial charge in [0, 0.05) is 12.8 Å². The van der Waals surface area contributed by atoms with Gasteiger partial charge in [-0.1, -0.05) is 0 Å². The zero-order valence-electron chi connectivity index (χ0n) is 22.3. The van der Waals surface area contributed by atoms with E-state index in [1.807, 2.05) is 0 Å². The summed E-state index contributed by atoms with van der Waals surface area (Å²) in [5.41, 5.74) is 5.37. The van der Waals surface area contributed by atoms with Crippen LogP contribution in [0, 0.1) is 0 Å². The number of aliphatic hydroxyl groups excluding tert-OH is 2. The summed E-state index contributed by atoms with van der Waals surface area (Å²) in [6.07, 6.45) is -1.90. The van der Waals surface area contributed by atoms with Crippen LogP contribution in [0.3, 0.4) is 0 Å². The van der Waals surface area contributed by atoms with E-state index in [4.69, 9.17) is 26.2 Å². The van der Waals surface area contributed by atoms with Gasteiger partial charge in [0.15, 0.2) is 0 Å². The number of hydrogen-bond donors (Lipinski definition) is 11. The molecule has 0 saturated carbocycles. The molecule has 41 heavy (non-hydrogen) atoms. The van der Waals surface area contributed by atoms with E-state index in [0.717, 1.165) is 6.92 Å². The molecule has 0 aliphatic carbocycles. The molecule has 0 aromatic heterocycles. The maximum atomic E-state index is 12.6. The van der Waals surface area contributed by atoms with Gasteiger partial charge in [-0.2, -0.15) is 0 Å². The number of nitrogens with two attached hydrogens (primary N) is 1. The average Bonchev–Trinajstić information content (AvgIpc) is 2.89. The summed E-state index contributed by atoms with van der Waals surface area (Å²) in [5, 5.41) is 56.0. The Bertz CT molecular complexity index is 991. The van der Waals surface area contributed by atoms with E-state index >= 15 is 0 Å². The van der Waals surface area contributed by atoms with Crippen molar-refractivity contribution in [2.45, 2.75) is 75.8 Å². The Morgan fingerprint density at radius 3 is 1.34 bits per heavy atom. The van der Waals surface area contributed by atoms with Crippen molar-refractivity contribution < 1.29 is 63.9 Å². The van der Waals surface area contributed by atoms with Crippen molar-refractivity contribution in [1.29, 1.82) is 0 Å². The summed E-state index contributed by atoms with van der Waals surface area (Å²) < 4.78 is 0. The summed E-state index contributed by atoms with van der Waals surface area (Å²) in [7, 11) is 0.